The Hall–Kier alpha value is -5.45. The zero-order valence-electron chi connectivity index (χ0n) is 31.4. The lowest BCUT2D eigenvalue weighted by atomic mass is 9.82. The first-order valence-corrected chi connectivity index (χ1v) is 18.7. The van der Waals surface area contributed by atoms with Crippen molar-refractivity contribution in [3.63, 3.8) is 0 Å². The number of benzene rings is 2. The summed E-state index contributed by atoms with van der Waals surface area (Å²) in [7, 11) is 1.75. The molecule has 0 unspecified atom stereocenters. The van der Waals surface area contributed by atoms with Crippen LogP contribution in [0, 0.1) is 0 Å². The summed E-state index contributed by atoms with van der Waals surface area (Å²) >= 11 is 0. The van der Waals surface area contributed by atoms with E-state index in [1.165, 1.54) is 4.90 Å². The lowest BCUT2D eigenvalue weighted by Crippen LogP contribution is -2.56. The van der Waals surface area contributed by atoms with Gasteiger partial charge in [0.05, 0.1) is 31.1 Å². The highest BCUT2D eigenvalue weighted by atomic mass is 19.4. The Morgan fingerprint density at radius 2 is 1.79 bits per heavy atom. The quantitative estimate of drug-likeness (QED) is 0.226. The summed E-state index contributed by atoms with van der Waals surface area (Å²) in [5.41, 5.74) is 2.16. The van der Waals surface area contributed by atoms with Crippen molar-refractivity contribution in [3.8, 4) is 5.69 Å². The summed E-state index contributed by atoms with van der Waals surface area (Å²) in [6.45, 7) is 9.82. The van der Waals surface area contributed by atoms with Gasteiger partial charge in [-0.3, -0.25) is 29.1 Å². The lowest BCUT2D eigenvalue weighted by Gasteiger charge is -2.42. The lowest BCUT2D eigenvalue weighted by molar-refractivity contribution is -0.141. The van der Waals surface area contributed by atoms with Crippen LogP contribution < -0.4 is 10.2 Å². The average Bonchev–Trinajstić information content (AvgIpc) is 3.61. The van der Waals surface area contributed by atoms with Crippen molar-refractivity contribution in [2.75, 3.05) is 64.4 Å². The molecule has 2 atom stereocenters. The van der Waals surface area contributed by atoms with Crippen molar-refractivity contribution in [1.29, 1.82) is 0 Å². The second kappa shape index (κ2) is 16.3. The number of rotatable bonds is 11. The van der Waals surface area contributed by atoms with Gasteiger partial charge in [-0.15, -0.1) is 0 Å². The van der Waals surface area contributed by atoms with E-state index in [4.69, 9.17) is 4.74 Å². The van der Waals surface area contributed by atoms with Crippen LogP contribution in [0.5, 0.6) is 0 Å². The van der Waals surface area contributed by atoms with E-state index in [0.717, 1.165) is 51.2 Å². The second-order valence-corrected chi connectivity index (χ2v) is 14.2. The molecule has 2 aromatic carbocycles. The molecule has 0 aliphatic carbocycles. The number of amides is 3. The highest BCUT2D eigenvalue weighted by molar-refractivity contribution is 6.04. The molecule has 294 valence electrons. The number of halogens is 3. The van der Waals surface area contributed by atoms with Gasteiger partial charge >= 0.3 is 6.18 Å². The van der Waals surface area contributed by atoms with Crippen molar-refractivity contribution in [1.82, 2.24) is 39.8 Å². The molecule has 0 bridgehead atoms. The molecular weight excluding hydrogens is 727 g/mol. The largest absolute Gasteiger partial charge is 0.433 e. The van der Waals surface area contributed by atoms with Crippen molar-refractivity contribution >= 4 is 23.5 Å². The van der Waals surface area contributed by atoms with Crippen LogP contribution in [0.15, 0.2) is 84.7 Å². The number of anilines is 1. The number of para-hydroxylation sites is 1. The molecule has 3 aliphatic rings. The normalized spacial score (nSPS) is 19.7. The second-order valence-electron chi connectivity index (χ2n) is 14.2. The monoisotopic (exact) mass is 771 g/mol. The standard InChI is InChI=1S/C40H44F3N9O4/c1-4-27(23-49-16-18-50(19-17-49)30-24-56-25-30)38(54)48(3)22-26-10-9-11-28(20-26)33-31-21-45-52(29-12-7-6-8-13-29)37(31)51(5-2)39(55)34(33)47-36(53)35-44-15-14-32(46-35)40(41,42)43/h4,6-15,20-21,30,33-34H,5,16-19,22-25H2,1-3H3,(H,47,53)/b27-4+/t33-,34+/m1/s1. The first-order chi connectivity index (χ1) is 27.0. The number of hydrogen-bond donors (Lipinski definition) is 1. The highest BCUT2D eigenvalue weighted by Gasteiger charge is 2.45. The molecule has 4 aromatic rings. The van der Waals surface area contributed by atoms with Crippen molar-refractivity contribution in [2.45, 2.75) is 44.6 Å². The van der Waals surface area contributed by atoms with E-state index in [-0.39, 0.29) is 19.0 Å². The van der Waals surface area contributed by atoms with Gasteiger partial charge in [-0.25, -0.2) is 14.6 Å². The number of ether oxygens (including phenoxy) is 1. The van der Waals surface area contributed by atoms with E-state index in [1.54, 1.807) is 29.7 Å². The Morgan fingerprint density at radius 1 is 1.04 bits per heavy atom. The third-order valence-electron chi connectivity index (χ3n) is 10.6. The molecule has 13 nitrogen and oxygen atoms in total. The summed E-state index contributed by atoms with van der Waals surface area (Å²) in [4.78, 5) is 57.0. The number of likely N-dealkylation sites (N-methyl/N-ethyl adjacent to an activating group) is 2. The van der Waals surface area contributed by atoms with Gasteiger partial charge in [-0.1, -0.05) is 48.5 Å². The van der Waals surface area contributed by atoms with Gasteiger partial charge in [0.1, 0.15) is 17.6 Å². The molecule has 0 saturated carbocycles. The Bertz CT molecular complexity index is 2100. The molecule has 16 heteroatoms. The van der Waals surface area contributed by atoms with Crippen LogP contribution >= 0.6 is 0 Å². The van der Waals surface area contributed by atoms with Gasteiger partial charge in [-0.05, 0) is 43.2 Å². The number of fused-ring (bicyclic) bond motifs is 1. The molecule has 7 rings (SSSR count). The zero-order chi connectivity index (χ0) is 39.6. The Labute approximate surface area is 322 Å². The van der Waals surface area contributed by atoms with Crippen LogP contribution in [0.4, 0.5) is 19.0 Å². The molecule has 1 N–H and O–H groups in total. The number of carbonyl (C=O) groups excluding carboxylic acids is 3. The smallest absolute Gasteiger partial charge is 0.378 e. The number of aromatic nitrogens is 4. The van der Waals surface area contributed by atoms with Gasteiger partial charge in [0.25, 0.3) is 17.7 Å². The van der Waals surface area contributed by atoms with Gasteiger partial charge in [0, 0.05) is 76.1 Å². The maximum Gasteiger partial charge on any atom is 0.433 e. The van der Waals surface area contributed by atoms with Crippen LogP contribution in [-0.4, -0.2) is 124 Å². The fraction of sp³-hybridized carbons (Fsp3) is 0.400. The van der Waals surface area contributed by atoms with Crippen molar-refractivity contribution < 1.29 is 32.3 Å². The molecule has 3 amide bonds. The van der Waals surface area contributed by atoms with E-state index in [9.17, 15) is 27.6 Å². The average molecular weight is 772 g/mol. The number of carbonyl (C=O) groups is 3. The number of nitrogens with one attached hydrogen (secondary N) is 1. The van der Waals surface area contributed by atoms with Crippen molar-refractivity contribution in [3.05, 3.63) is 113 Å². The van der Waals surface area contributed by atoms with E-state index < -0.39 is 41.5 Å². The molecule has 2 fully saturated rings. The minimum Gasteiger partial charge on any atom is -0.378 e. The predicted molar refractivity (Wildman–Crippen MR) is 201 cm³/mol. The van der Waals surface area contributed by atoms with E-state index in [0.29, 0.717) is 46.9 Å². The van der Waals surface area contributed by atoms with E-state index >= 15 is 0 Å². The van der Waals surface area contributed by atoms with Gasteiger partial charge in [-0.2, -0.15) is 18.3 Å². The van der Waals surface area contributed by atoms with Crippen molar-refractivity contribution in [2.24, 2.45) is 0 Å². The van der Waals surface area contributed by atoms with E-state index in [2.05, 4.69) is 30.2 Å². The molecule has 2 saturated heterocycles. The molecule has 3 aliphatic heterocycles. The predicted octanol–water partition coefficient (Wildman–Crippen LogP) is 3.90. The molecule has 0 spiro atoms. The third-order valence-corrected chi connectivity index (χ3v) is 10.6. The zero-order valence-corrected chi connectivity index (χ0v) is 31.4. The Balaban J connectivity index is 1.16. The Morgan fingerprint density at radius 3 is 2.45 bits per heavy atom. The number of hydrogen-bond acceptors (Lipinski definition) is 9. The van der Waals surface area contributed by atoms with Gasteiger partial charge in [0.15, 0.2) is 0 Å². The minimum atomic E-state index is -4.80. The van der Waals surface area contributed by atoms with Gasteiger partial charge in [0.2, 0.25) is 5.82 Å². The van der Waals surface area contributed by atoms with Crippen LogP contribution in [0.25, 0.3) is 5.69 Å². The van der Waals surface area contributed by atoms with Crippen LogP contribution in [0.3, 0.4) is 0 Å². The molecule has 2 aromatic heterocycles. The highest BCUT2D eigenvalue weighted by Crippen LogP contribution is 2.42. The van der Waals surface area contributed by atoms with E-state index in [1.807, 2.05) is 67.6 Å². The molecular formula is C40H44F3N9O4. The SMILES string of the molecule is C/C=C(\CN1CCN(C2COC2)CC1)C(=O)N(C)Cc1cccc([C@@H]2c3cnn(-c4ccccc4)c3N(CC)C(=O)[C@H]2NC(=O)c2nccc(C(F)(F)F)n2)c1. The summed E-state index contributed by atoms with van der Waals surface area (Å²) in [6, 6.07) is 16.6. The topological polar surface area (TPSA) is 129 Å². The number of alkyl halides is 3. The number of piperazine rings is 1. The fourth-order valence-corrected chi connectivity index (χ4v) is 7.57. The fourth-order valence-electron chi connectivity index (χ4n) is 7.57. The number of allylic oxidation sites excluding steroid dienone is 1. The third kappa shape index (κ3) is 7.94. The summed E-state index contributed by atoms with van der Waals surface area (Å²) < 4.78 is 47.5. The minimum absolute atomic E-state index is 0.100. The van der Waals surface area contributed by atoms with Gasteiger partial charge < -0.3 is 15.0 Å². The summed E-state index contributed by atoms with van der Waals surface area (Å²) in [5.74, 6) is -2.65. The molecule has 5 heterocycles. The maximum absolute atomic E-state index is 14.4. The first-order valence-electron chi connectivity index (χ1n) is 18.7. The molecule has 56 heavy (non-hydrogen) atoms. The summed E-state index contributed by atoms with van der Waals surface area (Å²) in [6.07, 6.45) is -0.438. The van der Waals surface area contributed by atoms with Crippen LogP contribution in [0.1, 0.15) is 52.8 Å². The number of nitrogens with zero attached hydrogens (tertiary/aromatic N) is 8. The Kier molecular flexibility index (Phi) is 11.3. The first kappa shape index (κ1) is 38.8. The van der Waals surface area contributed by atoms with Crippen LogP contribution in [0.2, 0.25) is 0 Å². The van der Waals surface area contributed by atoms with Crippen LogP contribution in [-0.2, 0) is 27.0 Å². The maximum atomic E-state index is 14.4. The molecule has 0 radical (unpaired) electrons. The summed E-state index contributed by atoms with van der Waals surface area (Å²) in [5, 5.41) is 7.34.